The minimum atomic E-state index is 0.0986. The Labute approximate surface area is 160 Å². The summed E-state index contributed by atoms with van der Waals surface area (Å²) in [7, 11) is 4.07. The quantitative estimate of drug-likeness (QED) is 0.388. The van der Waals surface area contributed by atoms with Crippen molar-refractivity contribution < 1.29 is 5.21 Å². The van der Waals surface area contributed by atoms with Gasteiger partial charge >= 0.3 is 0 Å². The van der Waals surface area contributed by atoms with E-state index in [1.165, 1.54) is 16.7 Å². The van der Waals surface area contributed by atoms with Crippen LogP contribution in [0.5, 0.6) is 0 Å². The van der Waals surface area contributed by atoms with E-state index in [-0.39, 0.29) is 5.92 Å². The summed E-state index contributed by atoms with van der Waals surface area (Å²) >= 11 is 0. The third-order valence-electron chi connectivity index (χ3n) is 4.91. The molecule has 0 amide bonds. The van der Waals surface area contributed by atoms with Gasteiger partial charge in [-0.15, -0.1) is 0 Å². The zero-order chi connectivity index (χ0) is 19.2. The van der Waals surface area contributed by atoms with Crippen LogP contribution in [-0.4, -0.2) is 30.0 Å². The molecule has 4 heteroatoms. The van der Waals surface area contributed by atoms with Gasteiger partial charge in [-0.05, 0) is 47.9 Å². The number of benzene rings is 2. The normalized spacial score (nSPS) is 12.6. The lowest BCUT2D eigenvalue weighted by Gasteiger charge is -2.22. The van der Waals surface area contributed by atoms with E-state index in [9.17, 15) is 5.21 Å². The Morgan fingerprint density at radius 3 is 2.26 bits per heavy atom. The first kappa shape index (κ1) is 18.6. The Bertz CT molecular complexity index is 902. The largest absolute Gasteiger partial charge is 0.411 e. The SMILES string of the molecule is Cc1ccccc1C(C/C(=N/O)c1ccncc1)c1ccc(N(C)C)cc1. The van der Waals surface area contributed by atoms with Crippen molar-refractivity contribution in [3.05, 3.63) is 95.3 Å². The van der Waals surface area contributed by atoms with Gasteiger partial charge in [-0.1, -0.05) is 41.6 Å². The molecule has 0 aliphatic rings. The fourth-order valence-electron chi connectivity index (χ4n) is 3.34. The van der Waals surface area contributed by atoms with E-state index in [1.54, 1.807) is 12.4 Å². The van der Waals surface area contributed by atoms with E-state index in [4.69, 9.17) is 0 Å². The summed E-state index contributed by atoms with van der Waals surface area (Å²) in [5.74, 6) is 0.0986. The standard InChI is InChI=1S/C23H25N3O/c1-17-6-4-5-7-21(17)22(18-8-10-20(11-9-18)26(2)3)16-23(25-27)19-12-14-24-15-13-19/h4-15,22,27H,16H2,1-3H3/b25-23-. The lowest BCUT2D eigenvalue weighted by atomic mass is 9.83. The average Bonchev–Trinajstić information content (AvgIpc) is 2.70. The summed E-state index contributed by atoms with van der Waals surface area (Å²) in [6, 6.07) is 20.7. The average molecular weight is 359 g/mol. The van der Waals surface area contributed by atoms with Crippen molar-refractivity contribution >= 4 is 11.4 Å². The molecule has 0 saturated carbocycles. The van der Waals surface area contributed by atoms with Crippen LogP contribution in [0, 0.1) is 6.92 Å². The summed E-state index contributed by atoms with van der Waals surface area (Å²) in [6.45, 7) is 2.12. The van der Waals surface area contributed by atoms with Gasteiger partial charge in [0, 0.05) is 50.1 Å². The summed E-state index contributed by atoms with van der Waals surface area (Å²) in [6.07, 6.45) is 4.04. The molecule has 1 N–H and O–H groups in total. The molecule has 1 atom stereocenters. The predicted molar refractivity (Wildman–Crippen MR) is 111 cm³/mol. The molecule has 1 aromatic heterocycles. The molecular formula is C23H25N3O. The number of rotatable bonds is 6. The zero-order valence-electron chi connectivity index (χ0n) is 16.0. The molecule has 0 bridgehead atoms. The van der Waals surface area contributed by atoms with Crippen molar-refractivity contribution in [3.8, 4) is 0 Å². The number of pyridine rings is 1. The number of anilines is 1. The summed E-state index contributed by atoms with van der Waals surface area (Å²) in [5.41, 5.74) is 6.37. The summed E-state index contributed by atoms with van der Waals surface area (Å²) < 4.78 is 0. The molecule has 0 fully saturated rings. The number of aryl methyl sites for hydroxylation is 1. The molecule has 0 radical (unpaired) electrons. The second kappa shape index (κ2) is 8.49. The number of oxime groups is 1. The molecule has 1 heterocycles. The smallest absolute Gasteiger partial charge is 0.0878 e. The highest BCUT2D eigenvalue weighted by Crippen LogP contribution is 2.32. The highest BCUT2D eigenvalue weighted by atomic mass is 16.4. The van der Waals surface area contributed by atoms with Gasteiger partial charge in [0.05, 0.1) is 5.71 Å². The van der Waals surface area contributed by atoms with E-state index in [2.05, 4.69) is 70.5 Å². The minimum absolute atomic E-state index is 0.0986. The van der Waals surface area contributed by atoms with Crippen molar-refractivity contribution in [1.29, 1.82) is 0 Å². The number of nitrogens with zero attached hydrogens (tertiary/aromatic N) is 3. The fourth-order valence-corrected chi connectivity index (χ4v) is 3.34. The third kappa shape index (κ3) is 4.34. The molecule has 0 aliphatic carbocycles. The van der Waals surface area contributed by atoms with E-state index in [1.807, 2.05) is 26.2 Å². The molecule has 0 aliphatic heterocycles. The van der Waals surface area contributed by atoms with Crippen molar-refractivity contribution in [1.82, 2.24) is 4.98 Å². The second-order valence-corrected chi connectivity index (χ2v) is 6.88. The van der Waals surface area contributed by atoms with Crippen molar-refractivity contribution in [3.63, 3.8) is 0 Å². The van der Waals surface area contributed by atoms with Gasteiger partial charge in [-0.2, -0.15) is 0 Å². The van der Waals surface area contributed by atoms with Crippen LogP contribution in [0.3, 0.4) is 0 Å². The van der Waals surface area contributed by atoms with Crippen LogP contribution in [0.2, 0.25) is 0 Å². The number of aromatic nitrogens is 1. The molecular weight excluding hydrogens is 334 g/mol. The lowest BCUT2D eigenvalue weighted by molar-refractivity contribution is 0.317. The van der Waals surface area contributed by atoms with Crippen molar-refractivity contribution in [2.24, 2.45) is 5.16 Å². The Hall–Kier alpha value is -3.14. The maximum atomic E-state index is 9.67. The Morgan fingerprint density at radius 1 is 1.00 bits per heavy atom. The van der Waals surface area contributed by atoms with E-state index >= 15 is 0 Å². The molecule has 2 aromatic carbocycles. The Morgan fingerprint density at radius 2 is 1.67 bits per heavy atom. The van der Waals surface area contributed by atoms with Crippen molar-refractivity contribution in [2.45, 2.75) is 19.3 Å². The van der Waals surface area contributed by atoms with Gasteiger partial charge in [-0.3, -0.25) is 4.98 Å². The number of hydrogen-bond acceptors (Lipinski definition) is 4. The van der Waals surface area contributed by atoms with Crippen LogP contribution in [-0.2, 0) is 0 Å². The van der Waals surface area contributed by atoms with Gasteiger partial charge in [0.2, 0.25) is 0 Å². The van der Waals surface area contributed by atoms with Crippen LogP contribution >= 0.6 is 0 Å². The highest BCUT2D eigenvalue weighted by molar-refractivity contribution is 6.00. The highest BCUT2D eigenvalue weighted by Gasteiger charge is 2.20. The van der Waals surface area contributed by atoms with E-state index < -0.39 is 0 Å². The molecule has 27 heavy (non-hydrogen) atoms. The molecule has 0 spiro atoms. The fraction of sp³-hybridized carbons (Fsp3) is 0.217. The van der Waals surface area contributed by atoms with Crippen LogP contribution in [0.1, 0.15) is 34.6 Å². The summed E-state index contributed by atoms with van der Waals surface area (Å²) in [4.78, 5) is 6.14. The molecule has 4 nitrogen and oxygen atoms in total. The van der Waals surface area contributed by atoms with Crippen LogP contribution in [0.15, 0.2) is 78.2 Å². The first-order chi connectivity index (χ1) is 13.1. The van der Waals surface area contributed by atoms with Gasteiger partial charge in [0.25, 0.3) is 0 Å². The Kier molecular flexibility index (Phi) is 5.87. The molecule has 1 unspecified atom stereocenters. The Balaban J connectivity index is 2.01. The molecule has 3 rings (SSSR count). The van der Waals surface area contributed by atoms with Crippen molar-refractivity contribution in [2.75, 3.05) is 19.0 Å². The van der Waals surface area contributed by atoms with Gasteiger partial charge in [0.15, 0.2) is 0 Å². The second-order valence-electron chi connectivity index (χ2n) is 6.88. The van der Waals surface area contributed by atoms with Crippen LogP contribution in [0.4, 0.5) is 5.69 Å². The monoisotopic (exact) mass is 359 g/mol. The van der Waals surface area contributed by atoms with Crippen LogP contribution in [0.25, 0.3) is 0 Å². The maximum Gasteiger partial charge on any atom is 0.0878 e. The van der Waals surface area contributed by atoms with Gasteiger partial charge in [0.1, 0.15) is 0 Å². The first-order valence-corrected chi connectivity index (χ1v) is 9.04. The topological polar surface area (TPSA) is 48.7 Å². The minimum Gasteiger partial charge on any atom is -0.411 e. The maximum absolute atomic E-state index is 9.67. The van der Waals surface area contributed by atoms with E-state index in [0.29, 0.717) is 12.1 Å². The zero-order valence-corrected chi connectivity index (χ0v) is 16.0. The molecule has 3 aromatic rings. The van der Waals surface area contributed by atoms with Gasteiger partial charge in [-0.25, -0.2) is 0 Å². The molecule has 0 saturated heterocycles. The van der Waals surface area contributed by atoms with Crippen LogP contribution < -0.4 is 4.90 Å². The lowest BCUT2D eigenvalue weighted by Crippen LogP contribution is -2.12. The van der Waals surface area contributed by atoms with E-state index in [0.717, 1.165) is 11.3 Å². The predicted octanol–water partition coefficient (Wildman–Crippen LogP) is 4.86. The van der Waals surface area contributed by atoms with Gasteiger partial charge < -0.3 is 10.1 Å². The first-order valence-electron chi connectivity index (χ1n) is 9.04. The summed E-state index contributed by atoms with van der Waals surface area (Å²) in [5, 5.41) is 13.3. The molecule has 138 valence electrons. The third-order valence-corrected chi connectivity index (χ3v) is 4.91. The number of hydrogen-bond donors (Lipinski definition) is 1.